The Morgan fingerprint density at radius 1 is 1.25 bits per heavy atom. The van der Waals surface area contributed by atoms with Gasteiger partial charge in [0.05, 0.1) is 25.0 Å². The summed E-state index contributed by atoms with van der Waals surface area (Å²) in [6, 6.07) is 14.1. The van der Waals surface area contributed by atoms with E-state index >= 15 is 0 Å². The summed E-state index contributed by atoms with van der Waals surface area (Å²) in [6.07, 6.45) is 4.10. The molecule has 1 aliphatic heterocycles. The van der Waals surface area contributed by atoms with Crippen LogP contribution in [0.3, 0.4) is 0 Å². The van der Waals surface area contributed by atoms with Gasteiger partial charge in [-0.25, -0.2) is 9.37 Å². The van der Waals surface area contributed by atoms with Crippen LogP contribution in [0.4, 0.5) is 4.39 Å². The number of oxazole rings is 1. The first kappa shape index (κ1) is 22.0. The van der Waals surface area contributed by atoms with Crippen molar-refractivity contribution in [3.8, 4) is 17.1 Å². The third kappa shape index (κ3) is 5.53. The molecule has 168 valence electrons. The number of methoxy groups -OCH3 is 1. The van der Waals surface area contributed by atoms with Crippen LogP contribution in [-0.2, 0) is 22.5 Å². The third-order valence-corrected chi connectivity index (χ3v) is 5.55. The minimum absolute atomic E-state index is 0.00559. The van der Waals surface area contributed by atoms with Gasteiger partial charge < -0.3 is 18.8 Å². The van der Waals surface area contributed by atoms with Gasteiger partial charge in [0.15, 0.2) is 11.7 Å². The molecule has 3 aromatic rings. The van der Waals surface area contributed by atoms with Crippen molar-refractivity contribution in [1.29, 1.82) is 0 Å². The number of carbonyl (C=O) groups excluding carboxylic acids is 1. The van der Waals surface area contributed by atoms with Crippen molar-refractivity contribution < 1.29 is 23.1 Å². The third-order valence-electron chi connectivity index (χ3n) is 5.55. The monoisotopic (exact) mass is 438 g/mol. The van der Waals surface area contributed by atoms with Gasteiger partial charge in [0, 0.05) is 32.5 Å². The van der Waals surface area contributed by atoms with Gasteiger partial charge in [-0.15, -0.1) is 0 Å². The van der Waals surface area contributed by atoms with E-state index in [1.54, 1.807) is 25.3 Å². The van der Waals surface area contributed by atoms with Crippen molar-refractivity contribution in [3.63, 3.8) is 0 Å². The first-order chi connectivity index (χ1) is 15.6. The second-order valence-corrected chi connectivity index (χ2v) is 7.86. The Labute approximate surface area is 187 Å². The smallest absolute Gasteiger partial charge is 0.223 e. The van der Waals surface area contributed by atoms with Gasteiger partial charge in [-0.2, -0.15) is 0 Å². The summed E-state index contributed by atoms with van der Waals surface area (Å²) in [5.74, 6) is 1.15. The lowest BCUT2D eigenvalue weighted by Crippen LogP contribution is -2.37. The fourth-order valence-electron chi connectivity index (χ4n) is 3.86. The predicted molar refractivity (Wildman–Crippen MR) is 118 cm³/mol. The number of hydrogen-bond acceptors (Lipinski definition) is 5. The molecule has 7 heteroatoms. The van der Waals surface area contributed by atoms with Crippen molar-refractivity contribution in [1.82, 2.24) is 9.88 Å². The molecule has 1 unspecified atom stereocenters. The van der Waals surface area contributed by atoms with Gasteiger partial charge in [0.1, 0.15) is 11.6 Å². The SMILES string of the molecule is COc1cccc(CN(CC2CCCO2)C(=O)CCc2ncc(-c3ccccc3F)o2)c1. The molecule has 4 rings (SSSR count). The Hall–Kier alpha value is -3.19. The molecule has 1 atom stereocenters. The summed E-state index contributed by atoms with van der Waals surface area (Å²) in [4.78, 5) is 19.2. The number of rotatable bonds is 9. The largest absolute Gasteiger partial charge is 0.497 e. The van der Waals surface area contributed by atoms with Crippen LogP contribution >= 0.6 is 0 Å². The van der Waals surface area contributed by atoms with Crippen LogP contribution in [0, 0.1) is 5.82 Å². The molecule has 2 heterocycles. The van der Waals surface area contributed by atoms with E-state index in [0.29, 0.717) is 36.7 Å². The Morgan fingerprint density at radius 2 is 2.12 bits per heavy atom. The minimum Gasteiger partial charge on any atom is -0.497 e. The number of ether oxygens (including phenoxy) is 2. The summed E-state index contributed by atoms with van der Waals surface area (Å²) < 4.78 is 30.8. The molecule has 0 aliphatic carbocycles. The van der Waals surface area contributed by atoms with E-state index in [0.717, 1.165) is 30.8 Å². The number of benzene rings is 2. The number of aromatic nitrogens is 1. The van der Waals surface area contributed by atoms with Crippen LogP contribution in [0.15, 0.2) is 59.1 Å². The normalized spacial score (nSPS) is 15.6. The van der Waals surface area contributed by atoms with Crippen LogP contribution in [0.1, 0.15) is 30.7 Å². The number of aryl methyl sites for hydroxylation is 1. The van der Waals surface area contributed by atoms with Gasteiger partial charge in [-0.1, -0.05) is 24.3 Å². The van der Waals surface area contributed by atoms with Crippen LogP contribution in [0.2, 0.25) is 0 Å². The van der Waals surface area contributed by atoms with E-state index in [-0.39, 0.29) is 24.2 Å². The lowest BCUT2D eigenvalue weighted by Gasteiger charge is -2.26. The van der Waals surface area contributed by atoms with E-state index in [4.69, 9.17) is 13.9 Å². The molecule has 0 spiro atoms. The lowest BCUT2D eigenvalue weighted by atomic mass is 10.1. The molecule has 0 N–H and O–H groups in total. The molecule has 0 saturated carbocycles. The van der Waals surface area contributed by atoms with Gasteiger partial charge in [-0.05, 0) is 42.7 Å². The molecule has 32 heavy (non-hydrogen) atoms. The molecule has 1 saturated heterocycles. The van der Waals surface area contributed by atoms with Crippen molar-refractivity contribution >= 4 is 5.91 Å². The van der Waals surface area contributed by atoms with Crippen molar-refractivity contribution in [2.75, 3.05) is 20.3 Å². The molecule has 2 aromatic carbocycles. The number of nitrogens with zero attached hydrogens (tertiary/aromatic N) is 2. The van der Waals surface area contributed by atoms with Crippen LogP contribution in [-0.4, -0.2) is 42.2 Å². The summed E-state index contributed by atoms with van der Waals surface area (Å²) >= 11 is 0. The molecule has 1 aliphatic rings. The van der Waals surface area contributed by atoms with Gasteiger partial charge >= 0.3 is 0 Å². The average Bonchev–Trinajstić information content (AvgIpc) is 3.50. The maximum Gasteiger partial charge on any atom is 0.223 e. The van der Waals surface area contributed by atoms with Gasteiger partial charge in [0.2, 0.25) is 5.91 Å². The lowest BCUT2D eigenvalue weighted by molar-refractivity contribution is -0.133. The summed E-state index contributed by atoms with van der Waals surface area (Å²) in [5.41, 5.74) is 1.35. The maximum absolute atomic E-state index is 14.0. The predicted octanol–water partition coefficient (Wildman–Crippen LogP) is 4.63. The molecule has 1 aromatic heterocycles. The Kier molecular flexibility index (Phi) is 7.17. The van der Waals surface area contributed by atoms with Crippen LogP contribution in [0.5, 0.6) is 5.75 Å². The van der Waals surface area contributed by atoms with E-state index < -0.39 is 0 Å². The van der Waals surface area contributed by atoms with Crippen molar-refractivity contribution in [2.24, 2.45) is 0 Å². The Morgan fingerprint density at radius 3 is 2.91 bits per heavy atom. The standard InChI is InChI=1S/C25H27FN2O4/c1-30-19-7-4-6-18(14-19)16-28(17-20-8-5-13-31-20)25(29)12-11-24-27-15-23(32-24)21-9-2-3-10-22(21)26/h2-4,6-7,9-10,14-15,20H,5,8,11-13,16-17H2,1H3. The highest BCUT2D eigenvalue weighted by atomic mass is 19.1. The fourth-order valence-corrected chi connectivity index (χ4v) is 3.86. The van der Waals surface area contributed by atoms with Crippen molar-refractivity contribution in [3.05, 3.63) is 72.0 Å². The zero-order valence-electron chi connectivity index (χ0n) is 18.1. The Bertz CT molecular complexity index is 1050. The summed E-state index contributed by atoms with van der Waals surface area (Å²) in [5, 5.41) is 0. The summed E-state index contributed by atoms with van der Waals surface area (Å²) in [7, 11) is 1.63. The fraction of sp³-hybridized carbons (Fsp3) is 0.360. The highest BCUT2D eigenvalue weighted by Crippen LogP contribution is 2.24. The molecule has 1 fully saturated rings. The number of hydrogen-bond donors (Lipinski definition) is 0. The highest BCUT2D eigenvalue weighted by molar-refractivity contribution is 5.76. The first-order valence-electron chi connectivity index (χ1n) is 10.8. The average molecular weight is 438 g/mol. The molecule has 6 nitrogen and oxygen atoms in total. The highest BCUT2D eigenvalue weighted by Gasteiger charge is 2.23. The van der Waals surface area contributed by atoms with E-state index in [1.807, 2.05) is 29.2 Å². The maximum atomic E-state index is 14.0. The molecule has 0 bridgehead atoms. The van der Waals surface area contributed by atoms with E-state index in [9.17, 15) is 9.18 Å². The second-order valence-electron chi connectivity index (χ2n) is 7.86. The first-order valence-corrected chi connectivity index (χ1v) is 10.8. The van der Waals surface area contributed by atoms with E-state index in [2.05, 4.69) is 4.98 Å². The number of amides is 1. The number of carbonyl (C=O) groups is 1. The molecular formula is C25H27FN2O4. The molecule has 0 radical (unpaired) electrons. The van der Waals surface area contributed by atoms with Crippen LogP contribution < -0.4 is 4.74 Å². The Balaban J connectivity index is 1.42. The summed E-state index contributed by atoms with van der Waals surface area (Å²) in [6.45, 7) is 1.76. The number of halogens is 1. The zero-order valence-corrected chi connectivity index (χ0v) is 18.1. The van der Waals surface area contributed by atoms with Crippen molar-refractivity contribution in [2.45, 2.75) is 38.3 Å². The quantitative estimate of drug-likeness (QED) is 0.487. The van der Waals surface area contributed by atoms with Gasteiger partial charge in [0.25, 0.3) is 0 Å². The second kappa shape index (κ2) is 10.4. The topological polar surface area (TPSA) is 64.8 Å². The van der Waals surface area contributed by atoms with Gasteiger partial charge in [-0.3, -0.25) is 4.79 Å². The van der Waals surface area contributed by atoms with E-state index in [1.165, 1.54) is 12.3 Å². The molecule has 1 amide bonds. The van der Waals surface area contributed by atoms with Crippen LogP contribution in [0.25, 0.3) is 11.3 Å². The molecular weight excluding hydrogens is 411 g/mol. The minimum atomic E-state index is -0.368. The zero-order chi connectivity index (χ0) is 22.3.